The molecule has 5 heteroatoms. The Morgan fingerprint density at radius 2 is 1.61 bits per heavy atom. The lowest BCUT2D eigenvalue weighted by molar-refractivity contribution is -0.147. The SMILES string of the molecule is O=C(NNC(=O)C12CC3CC(CC(C3)C1)C2)c1cccc(Br)c1. The fourth-order valence-electron chi connectivity index (χ4n) is 5.34. The molecule has 0 atom stereocenters. The molecule has 0 spiro atoms. The van der Waals surface area contributed by atoms with Crippen molar-refractivity contribution < 1.29 is 9.59 Å². The molecule has 4 bridgehead atoms. The van der Waals surface area contributed by atoms with Crippen molar-refractivity contribution in [3.63, 3.8) is 0 Å². The van der Waals surface area contributed by atoms with Crippen molar-refractivity contribution >= 4 is 27.7 Å². The maximum atomic E-state index is 12.8. The monoisotopic (exact) mass is 376 g/mol. The molecule has 0 radical (unpaired) electrons. The molecule has 2 amide bonds. The Labute approximate surface area is 144 Å². The van der Waals surface area contributed by atoms with Crippen LogP contribution in [0.2, 0.25) is 0 Å². The van der Waals surface area contributed by atoms with Gasteiger partial charge in [-0.1, -0.05) is 22.0 Å². The molecule has 1 aromatic carbocycles. The maximum absolute atomic E-state index is 12.8. The number of hydrogen-bond acceptors (Lipinski definition) is 2. The van der Waals surface area contributed by atoms with E-state index in [0.29, 0.717) is 23.3 Å². The molecule has 0 unspecified atom stereocenters. The van der Waals surface area contributed by atoms with Crippen LogP contribution < -0.4 is 10.9 Å². The number of nitrogens with one attached hydrogen (secondary N) is 2. The van der Waals surface area contributed by atoms with Crippen LogP contribution >= 0.6 is 15.9 Å². The van der Waals surface area contributed by atoms with E-state index in [2.05, 4.69) is 26.8 Å². The summed E-state index contributed by atoms with van der Waals surface area (Å²) in [5.74, 6) is 1.89. The van der Waals surface area contributed by atoms with E-state index < -0.39 is 0 Å². The number of hydrazine groups is 1. The summed E-state index contributed by atoms with van der Waals surface area (Å²) in [6.07, 6.45) is 6.90. The van der Waals surface area contributed by atoms with E-state index in [0.717, 1.165) is 23.7 Å². The third kappa shape index (κ3) is 2.80. The average molecular weight is 377 g/mol. The lowest BCUT2D eigenvalue weighted by atomic mass is 9.49. The molecule has 0 aliphatic heterocycles. The number of rotatable bonds is 2. The number of amides is 2. The molecule has 1 aromatic rings. The van der Waals surface area contributed by atoms with E-state index in [1.54, 1.807) is 18.2 Å². The van der Waals surface area contributed by atoms with Crippen LogP contribution in [0.1, 0.15) is 48.9 Å². The number of hydrogen-bond donors (Lipinski definition) is 2. The summed E-state index contributed by atoms with van der Waals surface area (Å²) in [5, 5.41) is 0. The summed E-state index contributed by atoms with van der Waals surface area (Å²) in [6, 6.07) is 7.15. The fourth-order valence-corrected chi connectivity index (χ4v) is 5.74. The van der Waals surface area contributed by atoms with Crippen molar-refractivity contribution in [1.29, 1.82) is 0 Å². The first-order chi connectivity index (χ1) is 11.0. The van der Waals surface area contributed by atoms with Crippen LogP contribution in [0.5, 0.6) is 0 Å². The Kier molecular flexibility index (Phi) is 3.71. The Hall–Kier alpha value is -1.36. The molecular formula is C18H21BrN2O2. The van der Waals surface area contributed by atoms with Gasteiger partial charge in [0, 0.05) is 10.0 Å². The molecule has 0 saturated heterocycles. The van der Waals surface area contributed by atoms with Gasteiger partial charge in [-0.2, -0.15) is 0 Å². The number of benzene rings is 1. The topological polar surface area (TPSA) is 58.2 Å². The normalized spacial score (nSPS) is 34.2. The van der Waals surface area contributed by atoms with Crippen LogP contribution in [0, 0.1) is 23.2 Å². The number of carbonyl (C=O) groups is 2. The van der Waals surface area contributed by atoms with Gasteiger partial charge in [-0.15, -0.1) is 0 Å². The van der Waals surface area contributed by atoms with E-state index in [-0.39, 0.29) is 17.2 Å². The Balaban J connectivity index is 1.41. The second-order valence-corrected chi connectivity index (χ2v) is 8.53. The quantitative estimate of drug-likeness (QED) is 0.776. The highest BCUT2D eigenvalue weighted by molar-refractivity contribution is 9.10. The van der Waals surface area contributed by atoms with Crippen LogP contribution in [-0.2, 0) is 4.79 Å². The first-order valence-corrected chi connectivity index (χ1v) is 9.20. The van der Waals surface area contributed by atoms with Crippen LogP contribution in [0.3, 0.4) is 0 Å². The highest BCUT2D eigenvalue weighted by Crippen LogP contribution is 2.59. The van der Waals surface area contributed by atoms with Crippen molar-refractivity contribution in [3.05, 3.63) is 34.3 Å². The smallest absolute Gasteiger partial charge is 0.269 e. The van der Waals surface area contributed by atoms with Gasteiger partial charge in [0.2, 0.25) is 5.91 Å². The number of carbonyl (C=O) groups excluding carboxylic acids is 2. The molecule has 0 heterocycles. The Morgan fingerprint density at radius 1 is 1.00 bits per heavy atom. The largest absolute Gasteiger partial charge is 0.273 e. The van der Waals surface area contributed by atoms with Gasteiger partial charge in [0.1, 0.15) is 0 Å². The van der Waals surface area contributed by atoms with Crippen molar-refractivity contribution in [2.45, 2.75) is 38.5 Å². The van der Waals surface area contributed by atoms with Crippen molar-refractivity contribution in [2.24, 2.45) is 23.2 Å². The Bertz CT molecular complexity index is 623. The van der Waals surface area contributed by atoms with Gasteiger partial charge in [0.25, 0.3) is 5.91 Å². The summed E-state index contributed by atoms with van der Waals surface area (Å²) in [7, 11) is 0. The number of halogens is 1. The van der Waals surface area contributed by atoms with Gasteiger partial charge in [-0.05, 0) is 74.5 Å². The predicted octanol–water partition coefficient (Wildman–Crippen LogP) is 3.43. The van der Waals surface area contributed by atoms with Gasteiger partial charge in [0.05, 0.1) is 5.41 Å². The molecule has 4 fully saturated rings. The lowest BCUT2D eigenvalue weighted by Crippen LogP contribution is -2.56. The third-order valence-electron chi connectivity index (χ3n) is 5.90. The van der Waals surface area contributed by atoms with Gasteiger partial charge >= 0.3 is 0 Å². The standard InChI is InChI=1S/C18H21BrN2O2/c19-15-3-1-2-14(7-15)16(22)20-21-17(23)18-8-11-4-12(9-18)6-13(5-11)10-18/h1-3,7,11-13H,4-6,8-10H2,(H,20,22)(H,21,23). The summed E-state index contributed by atoms with van der Waals surface area (Å²) >= 11 is 3.35. The first-order valence-electron chi connectivity index (χ1n) is 8.40. The van der Waals surface area contributed by atoms with Gasteiger partial charge in [-0.25, -0.2) is 0 Å². The molecule has 5 rings (SSSR count). The Morgan fingerprint density at radius 3 is 2.17 bits per heavy atom. The van der Waals surface area contributed by atoms with Crippen LogP contribution in [-0.4, -0.2) is 11.8 Å². The summed E-state index contributed by atoms with van der Waals surface area (Å²) in [6.45, 7) is 0. The average Bonchev–Trinajstić information content (AvgIpc) is 2.51. The third-order valence-corrected chi connectivity index (χ3v) is 6.39. The predicted molar refractivity (Wildman–Crippen MR) is 90.4 cm³/mol. The molecule has 4 nitrogen and oxygen atoms in total. The minimum Gasteiger partial charge on any atom is -0.273 e. The molecule has 122 valence electrons. The molecule has 4 aliphatic carbocycles. The van der Waals surface area contributed by atoms with E-state index in [1.165, 1.54) is 19.3 Å². The van der Waals surface area contributed by atoms with Crippen molar-refractivity contribution in [1.82, 2.24) is 10.9 Å². The van der Waals surface area contributed by atoms with Gasteiger partial charge < -0.3 is 0 Å². The minimum absolute atomic E-state index is 0.0138. The van der Waals surface area contributed by atoms with Crippen LogP contribution in [0.25, 0.3) is 0 Å². The maximum Gasteiger partial charge on any atom is 0.269 e. The zero-order valence-corrected chi connectivity index (χ0v) is 14.6. The summed E-state index contributed by atoms with van der Waals surface area (Å²) in [5.41, 5.74) is 5.59. The van der Waals surface area contributed by atoms with Crippen LogP contribution in [0.15, 0.2) is 28.7 Å². The van der Waals surface area contributed by atoms with E-state index in [4.69, 9.17) is 0 Å². The second kappa shape index (κ2) is 5.62. The minimum atomic E-state index is -0.274. The zero-order chi connectivity index (χ0) is 16.0. The van der Waals surface area contributed by atoms with E-state index in [9.17, 15) is 9.59 Å². The summed E-state index contributed by atoms with van der Waals surface area (Å²) < 4.78 is 0.845. The van der Waals surface area contributed by atoms with Crippen molar-refractivity contribution in [3.8, 4) is 0 Å². The zero-order valence-electron chi connectivity index (χ0n) is 13.0. The highest BCUT2D eigenvalue weighted by atomic mass is 79.9. The molecular weight excluding hydrogens is 356 g/mol. The molecule has 4 saturated carbocycles. The molecule has 2 N–H and O–H groups in total. The molecule has 4 aliphatic rings. The van der Waals surface area contributed by atoms with Gasteiger partial charge in [-0.3, -0.25) is 20.4 Å². The molecule has 23 heavy (non-hydrogen) atoms. The highest BCUT2D eigenvalue weighted by Gasteiger charge is 2.54. The lowest BCUT2D eigenvalue weighted by Gasteiger charge is -2.55. The van der Waals surface area contributed by atoms with Gasteiger partial charge in [0.15, 0.2) is 0 Å². The summed E-state index contributed by atoms with van der Waals surface area (Å²) in [4.78, 5) is 24.9. The van der Waals surface area contributed by atoms with Crippen LogP contribution in [0.4, 0.5) is 0 Å². The second-order valence-electron chi connectivity index (χ2n) is 7.62. The van der Waals surface area contributed by atoms with E-state index >= 15 is 0 Å². The fraction of sp³-hybridized carbons (Fsp3) is 0.556. The van der Waals surface area contributed by atoms with Crippen molar-refractivity contribution in [2.75, 3.05) is 0 Å². The van der Waals surface area contributed by atoms with E-state index in [1.807, 2.05) is 6.07 Å². The first kappa shape index (κ1) is 15.2. The molecule has 0 aromatic heterocycles.